The number of benzene rings is 2. The zero-order chi connectivity index (χ0) is 23.2. The molecule has 3 aromatic rings. The molecule has 2 aromatic carbocycles. The average Bonchev–Trinajstić information content (AvgIpc) is 3.23. The molecular weight excluding hydrogens is 456 g/mol. The summed E-state index contributed by atoms with van der Waals surface area (Å²) in [6.07, 6.45) is 3.84. The molecule has 1 fully saturated rings. The lowest BCUT2D eigenvalue weighted by Crippen LogP contribution is -2.64. The lowest BCUT2D eigenvalue weighted by Gasteiger charge is -2.40. The second-order valence-corrected chi connectivity index (χ2v) is 10.7. The van der Waals surface area contributed by atoms with Crippen LogP contribution >= 0.6 is 22.9 Å². The van der Waals surface area contributed by atoms with E-state index in [9.17, 15) is 9.59 Å². The smallest absolute Gasteiger partial charge is 0.280 e. The van der Waals surface area contributed by atoms with Gasteiger partial charge in [0.25, 0.3) is 5.91 Å². The number of halogens is 1. The van der Waals surface area contributed by atoms with E-state index in [1.807, 2.05) is 30.3 Å². The highest BCUT2D eigenvalue weighted by Gasteiger charge is 2.45. The van der Waals surface area contributed by atoms with Gasteiger partial charge in [-0.25, -0.2) is 4.98 Å². The van der Waals surface area contributed by atoms with Crippen LogP contribution in [0.5, 0.6) is 0 Å². The first-order chi connectivity index (χ1) is 15.8. The highest BCUT2D eigenvalue weighted by molar-refractivity contribution is 7.13. The minimum absolute atomic E-state index is 0.135. The van der Waals surface area contributed by atoms with Crippen molar-refractivity contribution >= 4 is 45.4 Å². The molecule has 0 radical (unpaired) electrons. The summed E-state index contributed by atoms with van der Waals surface area (Å²) in [4.78, 5) is 34.7. The Kier molecular flexibility index (Phi) is 5.99. The van der Waals surface area contributed by atoms with Crippen LogP contribution in [0.3, 0.4) is 0 Å². The summed E-state index contributed by atoms with van der Waals surface area (Å²) in [5.41, 5.74) is 7.20. The average molecular weight is 483 g/mol. The molecule has 1 aliphatic heterocycles. The fourth-order valence-corrected chi connectivity index (χ4v) is 6.21. The molecule has 1 amide bonds. The molecule has 1 saturated carbocycles. The Morgan fingerprint density at radius 1 is 1.21 bits per heavy atom. The summed E-state index contributed by atoms with van der Waals surface area (Å²) < 4.78 is 0. The normalized spacial score (nSPS) is 23.3. The number of likely N-dealkylation sites (N-methyl/N-ethyl adjacent to an activating group) is 1. The number of carbonyl (C=O) groups excluding carboxylic acids is 2. The number of thiazole rings is 1. The molecule has 172 valence electrons. The topological polar surface area (TPSA) is 88.3 Å². The van der Waals surface area contributed by atoms with E-state index in [2.05, 4.69) is 22.2 Å². The summed E-state index contributed by atoms with van der Waals surface area (Å²) in [7, 11) is 2.07. The van der Waals surface area contributed by atoms with E-state index in [1.54, 1.807) is 6.07 Å². The largest absolute Gasteiger partial charge is 0.345 e. The van der Waals surface area contributed by atoms with Gasteiger partial charge in [0, 0.05) is 35.0 Å². The molecule has 8 heteroatoms. The van der Waals surface area contributed by atoms with Gasteiger partial charge in [0.2, 0.25) is 0 Å². The Morgan fingerprint density at radius 2 is 2.00 bits per heavy atom. The maximum Gasteiger partial charge on any atom is 0.280 e. The Hall–Kier alpha value is -2.32. The summed E-state index contributed by atoms with van der Waals surface area (Å²) in [5.74, 6) is -0.371. The number of nitrogens with one attached hydrogen (secondary N) is 1. The van der Waals surface area contributed by atoms with Gasteiger partial charge in [-0.05, 0) is 48.9 Å². The van der Waals surface area contributed by atoms with Crippen LogP contribution in [0.4, 0.5) is 0 Å². The van der Waals surface area contributed by atoms with Gasteiger partial charge in [0.15, 0.2) is 10.8 Å². The second kappa shape index (κ2) is 8.80. The Balaban J connectivity index is 1.39. The van der Waals surface area contributed by atoms with Crippen LogP contribution in [0.1, 0.15) is 56.4 Å². The third-order valence-electron chi connectivity index (χ3n) is 6.86. The minimum Gasteiger partial charge on any atom is -0.345 e. The van der Waals surface area contributed by atoms with E-state index in [-0.39, 0.29) is 11.7 Å². The van der Waals surface area contributed by atoms with Crippen LogP contribution < -0.4 is 11.1 Å². The molecule has 0 spiro atoms. The molecule has 3 N–H and O–H groups in total. The molecule has 5 rings (SSSR count). The Morgan fingerprint density at radius 3 is 2.85 bits per heavy atom. The van der Waals surface area contributed by atoms with Crippen molar-refractivity contribution in [2.24, 2.45) is 5.73 Å². The zero-order valence-electron chi connectivity index (χ0n) is 18.6. The van der Waals surface area contributed by atoms with Crippen molar-refractivity contribution in [1.82, 2.24) is 15.2 Å². The molecule has 2 heterocycles. The number of hydrogen-bond acceptors (Lipinski definition) is 6. The monoisotopic (exact) mass is 482 g/mol. The maximum atomic E-state index is 13.6. The van der Waals surface area contributed by atoms with Crippen LogP contribution in [-0.4, -0.2) is 46.7 Å². The maximum absolute atomic E-state index is 13.6. The molecule has 2 atom stereocenters. The van der Waals surface area contributed by atoms with Crippen LogP contribution in [-0.2, 0) is 13.0 Å². The van der Waals surface area contributed by atoms with Gasteiger partial charge in [-0.2, -0.15) is 0 Å². The molecule has 2 aliphatic rings. The van der Waals surface area contributed by atoms with Crippen LogP contribution in [0, 0.1) is 0 Å². The van der Waals surface area contributed by atoms with Crippen molar-refractivity contribution in [2.45, 2.75) is 50.2 Å². The predicted molar refractivity (Wildman–Crippen MR) is 132 cm³/mol. The predicted octanol–water partition coefficient (Wildman–Crippen LogP) is 4.19. The standard InChI is InChI=1S/C25H27ClN4O2S/c1-30-11-9-19-20(14-30)33-24(28-19)23(32)29-21-4-2-3-10-25(21,27)22(31)17-6-5-16-13-18(26)8-7-15(16)12-17/h5-8,12-13,21H,2-4,9-11,14,27H2,1H3,(H,29,32). The van der Waals surface area contributed by atoms with Crippen LogP contribution in [0.2, 0.25) is 5.02 Å². The molecular formula is C25H27ClN4O2S. The highest BCUT2D eigenvalue weighted by atomic mass is 35.5. The first kappa shape index (κ1) is 22.5. The fourth-order valence-electron chi connectivity index (χ4n) is 4.94. The quantitative estimate of drug-likeness (QED) is 0.544. The molecule has 33 heavy (non-hydrogen) atoms. The molecule has 2 unspecified atom stereocenters. The number of fused-ring (bicyclic) bond motifs is 2. The Bertz CT molecular complexity index is 1240. The molecule has 0 bridgehead atoms. The molecule has 0 saturated heterocycles. The van der Waals surface area contributed by atoms with Crippen molar-refractivity contribution in [2.75, 3.05) is 13.6 Å². The van der Waals surface area contributed by atoms with E-state index < -0.39 is 11.6 Å². The summed E-state index contributed by atoms with van der Waals surface area (Å²) in [6.45, 7) is 1.76. The van der Waals surface area contributed by atoms with Gasteiger partial charge in [-0.3, -0.25) is 9.59 Å². The minimum atomic E-state index is -1.15. The third-order valence-corrected chi connectivity index (χ3v) is 8.18. The number of hydrogen-bond donors (Lipinski definition) is 2. The summed E-state index contributed by atoms with van der Waals surface area (Å²) in [6, 6.07) is 10.7. The summed E-state index contributed by atoms with van der Waals surface area (Å²) in [5, 5.41) is 6.09. The van der Waals surface area contributed by atoms with Crippen molar-refractivity contribution < 1.29 is 9.59 Å². The summed E-state index contributed by atoms with van der Waals surface area (Å²) >= 11 is 7.53. The highest BCUT2D eigenvalue weighted by Crippen LogP contribution is 2.32. The number of carbonyl (C=O) groups is 2. The van der Waals surface area contributed by atoms with E-state index in [0.717, 1.165) is 53.7 Å². The number of ketones is 1. The van der Waals surface area contributed by atoms with E-state index in [1.165, 1.54) is 11.3 Å². The number of rotatable bonds is 4. The van der Waals surface area contributed by atoms with Crippen molar-refractivity contribution in [3.05, 3.63) is 62.6 Å². The van der Waals surface area contributed by atoms with E-state index in [4.69, 9.17) is 17.3 Å². The first-order valence-corrected chi connectivity index (χ1v) is 12.5. The van der Waals surface area contributed by atoms with Crippen molar-refractivity contribution in [3.63, 3.8) is 0 Å². The van der Waals surface area contributed by atoms with Crippen molar-refractivity contribution in [1.29, 1.82) is 0 Å². The number of amides is 1. The van der Waals surface area contributed by atoms with Crippen LogP contribution in [0.15, 0.2) is 36.4 Å². The van der Waals surface area contributed by atoms with Gasteiger partial charge in [0.05, 0.1) is 11.7 Å². The molecule has 1 aliphatic carbocycles. The third kappa shape index (κ3) is 4.30. The van der Waals surface area contributed by atoms with E-state index >= 15 is 0 Å². The van der Waals surface area contributed by atoms with Gasteiger partial charge in [0.1, 0.15) is 5.54 Å². The fraction of sp³-hybridized carbons (Fsp3) is 0.400. The van der Waals surface area contributed by atoms with E-state index in [0.29, 0.717) is 28.4 Å². The Labute approximate surface area is 202 Å². The number of Topliss-reactive ketones (excluding diaryl/α,β-unsaturated/α-hetero) is 1. The number of aromatic nitrogens is 1. The van der Waals surface area contributed by atoms with Crippen molar-refractivity contribution in [3.8, 4) is 0 Å². The van der Waals surface area contributed by atoms with Gasteiger partial charge in [-0.1, -0.05) is 42.6 Å². The molecule has 1 aromatic heterocycles. The van der Waals surface area contributed by atoms with Gasteiger partial charge in [-0.15, -0.1) is 11.3 Å². The van der Waals surface area contributed by atoms with Gasteiger partial charge >= 0.3 is 0 Å². The lowest BCUT2D eigenvalue weighted by atomic mass is 9.73. The number of nitrogens with two attached hydrogens (primary N) is 1. The first-order valence-electron chi connectivity index (χ1n) is 11.3. The second-order valence-electron chi connectivity index (χ2n) is 9.22. The van der Waals surface area contributed by atoms with Gasteiger partial charge < -0.3 is 16.0 Å². The number of nitrogens with zero attached hydrogens (tertiary/aromatic N) is 2. The molecule has 6 nitrogen and oxygen atoms in total. The SMILES string of the molecule is CN1CCc2nc(C(=O)NC3CCCCC3(N)C(=O)c3ccc4cc(Cl)ccc4c3)sc2C1. The lowest BCUT2D eigenvalue weighted by molar-refractivity contribution is 0.0758. The van der Waals surface area contributed by atoms with Crippen LogP contribution in [0.25, 0.3) is 10.8 Å². The zero-order valence-corrected chi connectivity index (χ0v) is 20.1.